The van der Waals surface area contributed by atoms with Gasteiger partial charge in [-0.25, -0.2) is 9.18 Å². The minimum absolute atomic E-state index is 0.0360. The molecule has 0 atom stereocenters. The van der Waals surface area contributed by atoms with Crippen molar-refractivity contribution in [3.63, 3.8) is 0 Å². The van der Waals surface area contributed by atoms with Crippen molar-refractivity contribution in [1.29, 1.82) is 0 Å². The average Bonchev–Trinajstić information content (AvgIpc) is 2.36. The number of H-pyrrole nitrogens is 1. The van der Waals surface area contributed by atoms with Crippen molar-refractivity contribution >= 4 is 0 Å². The number of benzene rings is 1. The molecule has 2 aromatic rings. The van der Waals surface area contributed by atoms with E-state index in [9.17, 15) is 19.1 Å². The molecular weight excluding hydrogens is 251 g/mol. The van der Waals surface area contributed by atoms with Crippen LogP contribution in [0.4, 0.5) is 4.39 Å². The molecule has 0 spiro atoms. The number of aromatic amines is 1. The zero-order valence-corrected chi connectivity index (χ0v) is 10.3. The first-order chi connectivity index (χ1) is 9.06. The maximum Gasteiger partial charge on any atom is 0.331 e. The first kappa shape index (κ1) is 13.1. The fraction of sp³-hybridized carbons (Fsp3) is 0.231. The van der Waals surface area contributed by atoms with Gasteiger partial charge in [0.05, 0.1) is 0 Å². The maximum atomic E-state index is 13.7. The van der Waals surface area contributed by atoms with Gasteiger partial charge in [-0.1, -0.05) is 25.1 Å². The summed E-state index contributed by atoms with van der Waals surface area (Å²) in [5.74, 6) is -1.15. The number of aromatic hydroxyl groups is 1. The lowest BCUT2D eigenvalue weighted by atomic mass is 10.1. The summed E-state index contributed by atoms with van der Waals surface area (Å²) in [6, 6.07) is 5.59. The molecule has 2 rings (SSSR count). The molecule has 1 aromatic carbocycles. The number of rotatable bonds is 3. The summed E-state index contributed by atoms with van der Waals surface area (Å²) >= 11 is 0. The predicted octanol–water partition coefficient (Wildman–Crippen LogP) is 1.46. The molecule has 1 heterocycles. The number of nitrogens with one attached hydrogen (secondary N) is 1. The highest BCUT2D eigenvalue weighted by molar-refractivity contribution is 5.67. The van der Waals surface area contributed by atoms with E-state index in [0.717, 1.165) is 4.57 Å². The minimum Gasteiger partial charge on any atom is -0.494 e. The normalized spacial score (nSPS) is 10.6. The molecular formula is C13H13FN2O3. The quantitative estimate of drug-likeness (QED) is 0.881. The van der Waals surface area contributed by atoms with Gasteiger partial charge in [0.25, 0.3) is 5.56 Å². The van der Waals surface area contributed by atoms with E-state index < -0.39 is 22.9 Å². The van der Waals surface area contributed by atoms with Crippen LogP contribution in [-0.4, -0.2) is 14.7 Å². The van der Waals surface area contributed by atoms with Crippen LogP contribution in [0.2, 0.25) is 0 Å². The van der Waals surface area contributed by atoms with Crippen molar-refractivity contribution in [2.24, 2.45) is 0 Å². The van der Waals surface area contributed by atoms with Crippen LogP contribution < -0.4 is 11.2 Å². The first-order valence-corrected chi connectivity index (χ1v) is 5.87. The van der Waals surface area contributed by atoms with Crippen LogP contribution in [-0.2, 0) is 6.54 Å². The van der Waals surface area contributed by atoms with E-state index >= 15 is 0 Å². The second-order valence-corrected chi connectivity index (χ2v) is 4.09. The molecule has 2 N–H and O–H groups in total. The Morgan fingerprint density at radius 3 is 2.63 bits per heavy atom. The van der Waals surface area contributed by atoms with Crippen molar-refractivity contribution in [2.75, 3.05) is 0 Å². The maximum absolute atomic E-state index is 13.7. The molecule has 5 nitrogen and oxygen atoms in total. The molecule has 0 saturated heterocycles. The summed E-state index contributed by atoms with van der Waals surface area (Å²) in [4.78, 5) is 25.4. The van der Waals surface area contributed by atoms with Crippen molar-refractivity contribution in [2.45, 2.75) is 19.9 Å². The Balaban J connectivity index is 2.78. The van der Waals surface area contributed by atoms with E-state index in [1.54, 1.807) is 6.07 Å². The second-order valence-electron chi connectivity index (χ2n) is 4.09. The van der Waals surface area contributed by atoms with Crippen LogP contribution in [0.15, 0.2) is 33.9 Å². The van der Waals surface area contributed by atoms with Crippen LogP contribution in [0.3, 0.4) is 0 Å². The lowest BCUT2D eigenvalue weighted by Gasteiger charge is -2.10. The highest BCUT2D eigenvalue weighted by Crippen LogP contribution is 2.26. The predicted molar refractivity (Wildman–Crippen MR) is 68.7 cm³/mol. The van der Waals surface area contributed by atoms with Crippen LogP contribution in [0.1, 0.15) is 13.3 Å². The first-order valence-electron chi connectivity index (χ1n) is 5.87. The molecule has 1 aromatic heterocycles. The van der Waals surface area contributed by atoms with Crippen LogP contribution in [0, 0.1) is 5.82 Å². The standard InChI is InChI=1S/C13H13FN2O3/c1-2-7-16-12(18)10(11(17)15-13(16)19)8-5-3-4-6-9(8)14/h3-6,18H,2,7H2,1H3,(H,15,17,19). The Morgan fingerprint density at radius 1 is 1.32 bits per heavy atom. The van der Waals surface area contributed by atoms with Gasteiger partial charge in [0.15, 0.2) is 0 Å². The highest BCUT2D eigenvalue weighted by Gasteiger charge is 2.17. The number of aromatic nitrogens is 2. The van der Waals surface area contributed by atoms with E-state index in [4.69, 9.17) is 0 Å². The topological polar surface area (TPSA) is 75.1 Å². The molecule has 6 heteroatoms. The van der Waals surface area contributed by atoms with Gasteiger partial charge in [-0.2, -0.15) is 0 Å². The van der Waals surface area contributed by atoms with Gasteiger partial charge in [-0.3, -0.25) is 14.3 Å². The summed E-state index contributed by atoms with van der Waals surface area (Å²) in [5.41, 5.74) is -1.78. The summed E-state index contributed by atoms with van der Waals surface area (Å²) in [6.07, 6.45) is 0.593. The fourth-order valence-electron chi connectivity index (χ4n) is 1.90. The molecule has 0 amide bonds. The molecule has 0 aliphatic rings. The molecule has 0 unspecified atom stereocenters. The van der Waals surface area contributed by atoms with Crippen LogP contribution in [0.25, 0.3) is 11.1 Å². The fourth-order valence-corrected chi connectivity index (χ4v) is 1.90. The van der Waals surface area contributed by atoms with Crippen LogP contribution >= 0.6 is 0 Å². The molecule has 0 saturated carbocycles. The van der Waals surface area contributed by atoms with E-state index in [2.05, 4.69) is 4.98 Å². The SMILES string of the molecule is CCCn1c(O)c(-c2ccccc2F)c(=O)[nH]c1=O. The summed E-state index contributed by atoms with van der Waals surface area (Å²) in [7, 11) is 0. The lowest BCUT2D eigenvalue weighted by Crippen LogP contribution is -2.31. The van der Waals surface area contributed by atoms with Gasteiger partial charge in [0.2, 0.25) is 5.88 Å². The third kappa shape index (κ3) is 2.29. The minimum atomic E-state index is -0.806. The molecule has 0 radical (unpaired) electrons. The number of halogens is 1. The smallest absolute Gasteiger partial charge is 0.331 e. The third-order valence-corrected chi connectivity index (χ3v) is 2.76. The van der Waals surface area contributed by atoms with E-state index in [0.29, 0.717) is 6.42 Å². The summed E-state index contributed by atoms with van der Waals surface area (Å²) in [6.45, 7) is 2.06. The zero-order chi connectivity index (χ0) is 14.0. The van der Waals surface area contributed by atoms with E-state index in [-0.39, 0.29) is 17.7 Å². The number of nitrogens with zero attached hydrogens (tertiary/aromatic N) is 1. The molecule has 0 aliphatic carbocycles. The Bertz CT molecular complexity index is 719. The summed E-state index contributed by atoms with van der Waals surface area (Å²) < 4.78 is 14.7. The molecule has 100 valence electrons. The summed E-state index contributed by atoms with van der Waals surface area (Å²) in [5, 5.41) is 10.0. The van der Waals surface area contributed by atoms with Gasteiger partial charge in [-0.05, 0) is 12.5 Å². The Morgan fingerprint density at radius 2 is 2.00 bits per heavy atom. The van der Waals surface area contributed by atoms with Crippen molar-refractivity contribution in [3.8, 4) is 17.0 Å². The van der Waals surface area contributed by atoms with Gasteiger partial charge >= 0.3 is 5.69 Å². The van der Waals surface area contributed by atoms with E-state index in [1.165, 1.54) is 18.2 Å². The van der Waals surface area contributed by atoms with Gasteiger partial charge in [0.1, 0.15) is 11.4 Å². The largest absolute Gasteiger partial charge is 0.494 e. The van der Waals surface area contributed by atoms with Gasteiger partial charge in [-0.15, -0.1) is 0 Å². The highest BCUT2D eigenvalue weighted by atomic mass is 19.1. The van der Waals surface area contributed by atoms with Crippen molar-refractivity contribution in [1.82, 2.24) is 9.55 Å². The monoisotopic (exact) mass is 264 g/mol. The van der Waals surface area contributed by atoms with E-state index in [1.807, 2.05) is 6.92 Å². The molecule has 0 fully saturated rings. The zero-order valence-electron chi connectivity index (χ0n) is 10.3. The molecule has 0 bridgehead atoms. The van der Waals surface area contributed by atoms with Gasteiger partial charge in [0, 0.05) is 12.1 Å². The third-order valence-electron chi connectivity index (χ3n) is 2.76. The Hall–Kier alpha value is -2.37. The molecule has 0 aliphatic heterocycles. The number of hydrogen-bond acceptors (Lipinski definition) is 3. The Kier molecular flexibility index (Phi) is 3.50. The lowest BCUT2D eigenvalue weighted by molar-refractivity contribution is 0.401. The number of hydrogen-bond donors (Lipinski definition) is 2. The van der Waals surface area contributed by atoms with Gasteiger partial charge < -0.3 is 5.11 Å². The van der Waals surface area contributed by atoms with Crippen molar-refractivity contribution in [3.05, 3.63) is 50.9 Å². The van der Waals surface area contributed by atoms with Crippen LogP contribution in [0.5, 0.6) is 5.88 Å². The average molecular weight is 264 g/mol. The second kappa shape index (κ2) is 5.09. The molecule has 19 heavy (non-hydrogen) atoms. The Labute approximate surface area is 108 Å². The van der Waals surface area contributed by atoms with Crippen molar-refractivity contribution < 1.29 is 9.50 Å².